The number of hydrogen-bond donors (Lipinski definition) is 2. The maximum absolute atomic E-state index is 9.94. The van der Waals surface area contributed by atoms with Crippen LogP contribution in [0.1, 0.15) is 37.5 Å². The van der Waals surface area contributed by atoms with Crippen molar-refractivity contribution in [3.05, 3.63) is 28.8 Å². The van der Waals surface area contributed by atoms with E-state index in [0.717, 1.165) is 16.9 Å². The summed E-state index contributed by atoms with van der Waals surface area (Å²) in [5, 5.41) is 13.2. The number of ether oxygens (including phenoxy) is 1. The average Bonchev–Trinajstić information content (AvgIpc) is 2.30. The fourth-order valence-electron chi connectivity index (χ4n) is 1.81. The van der Waals surface area contributed by atoms with E-state index in [4.69, 9.17) is 4.74 Å². The van der Waals surface area contributed by atoms with Crippen molar-refractivity contribution < 1.29 is 9.84 Å². The first-order valence-corrected chi connectivity index (χ1v) is 6.83. The predicted octanol–water partition coefficient (Wildman–Crippen LogP) is 2.74. The van der Waals surface area contributed by atoms with E-state index < -0.39 is 6.10 Å². The Hall–Kier alpha value is -1.06. The molecule has 1 aromatic rings. The van der Waals surface area contributed by atoms with Crippen molar-refractivity contribution in [1.29, 1.82) is 0 Å². The van der Waals surface area contributed by atoms with Gasteiger partial charge in [0.1, 0.15) is 18.5 Å². The van der Waals surface area contributed by atoms with Gasteiger partial charge in [-0.25, -0.2) is 0 Å². The van der Waals surface area contributed by atoms with Gasteiger partial charge in [0.2, 0.25) is 0 Å². The standard InChI is InChI=1S/C16H27NO2/c1-11-7-8-12(2)15(13(11)3)19-10-14(18)9-17-16(4,5)6/h7-8,14,17-18H,9-10H2,1-6H3/t14-/m0/s1. The quantitative estimate of drug-likeness (QED) is 0.860. The summed E-state index contributed by atoms with van der Waals surface area (Å²) >= 11 is 0. The van der Waals surface area contributed by atoms with Crippen LogP contribution in [0.4, 0.5) is 0 Å². The van der Waals surface area contributed by atoms with Gasteiger partial charge in [0.25, 0.3) is 0 Å². The first kappa shape index (κ1) is 16.0. The topological polar surface area (TPSA) is 41.5 Å². The van der Waals surface area contributed by atoms with Gasteiger partial charge in [0.15, 0.2) is 0 Å². The first-order valence-electron chi connectivity index (χ1n) is 6.83. The molecule has 0 heterocycles. The van der Waals surface area contributed by atoms with Crippen molar-refractivity contribution in [2.75, 3.05) is 13.2 Å². The van der Waals surface area contributed by atoms with Gasteiger partial charge in [0.05, 0.1) is 0 Å². The highest BCUT2D eigenvalue weighted by Crippen LogP contribution is 2.25. The summed E-state index contributed by atoms with van der Waals surface area (Å²) in [5.74, 6) is 0.898. The Morgan fingerprint density at radius 2 is 1.74 bits per heavy atom. The highest BCUT2D eigenvalue weighted by atomic mass is 16.5. The number of nitrogens with one attached hydrogen (secondary N) is 1. The molecule has 108 valence electrons. The maximum Gasteiger partial charge on any atom is 0.125 e. The molecule has 19 heavy (non-hydrogen) atoms. The van der Waals surface area contributed by atoms with Gasteiger partial charge >= 0.3 is 0 Å². The molecule has 0 aromatic heterocycles. The Morgan fingerprint density at radius 3 is 2.32 bits per heavy atom. The molecule has 2 N–H and O–H groups in total. The van der Waals surface area contributed by atoms with Gasteiger partial charge < -0.3 is 15.2 Å². The van der Waals surface area contributed by atoms with Gasteiger partial charge in [-0.05, 0) is 58.2 Å². The molecule has 1 aromatic carbocycles. The monoisotopic (exact) mass is 265 g/mol. The van der Waals surface area contributed by atoms with E-state index in [0.29, 0.717) is 13.2 Å². The minimum Gasteiger partial charge on any atom is -0.490 e. The molecule has 0 saturated heterocycles. The number of aliphatic hydroxyl groups is 1. The average molecular weight is 265 g/mol. The molecule has 0 unspecified atom stereocenters. The van der Waals surface area contributed by atoms with E-state index in [1.165, 1.54) is 5.56 Å². The minimum atomic E-state index is -0.501. The molecule has 0 radical (unpaired) electrons. The largest absolute Gasteiger partial charge is 0.490 e. The van der Waals surface area contributed by atoms with Crippen molar-refractivity contribution in [3.63, 3.8) is 0 Å². The fraction of sp³-hybridized carbons (Fsp3) is 0.625. The molecular formula is C16H27NO2. The molecule has 1 rings (SSSR count). The number of aryl methyl sites for hydroxylation is 2. The summed E-state index contributed by atoms with van der Waals surface area (Å²) in [7, 11) is 0. The van der Waals surface area contributed by atoms with Crippen LogP contribution in [0, 0.1) is 20.8 Å². The van der Waals surface area contributed by atoms with Gasteiger partial charge in [-0.2, -0.15) is 0 Å². The van der Waals surface area contributed by atoms with Crippen molar-refractivity contribution >= 4 is 0 Å². The lowest BCUT2D eigenvalue weighted by molar-refractivity contribution is 0.0993. The number of hydrogen-bond acceptors (Lipinski definition) is 3. The van der Waals surface area contributed by atoms with E-state index in [-0.39, 0.29) is 5.54 Å². The number of aliphatic hydroxyl groups excluding tert-OH is 1. The van der Waals surface area contributed by atoms with Crippen LogP contribution in [0.25, 0.3) is 0 Å². The number of rotatable bonds is 5. The van der Waals surface area contributed by atoms with Crippen LogP contribution in [-0.2, 0) is 0 Å². The van der Waals surface area contributed by atoms with Crippen molar-refractivity contribution in [2.45, 2.75) is 53.2 Å². The molecule has 0 saturated carbocycles. The normalized spacial score (nSPS) is 13.4. The smallest absolute Gasteiger partial charge is 0.125 e. The summed E-state index contributed by atoms with van der Waals surface area (Å²) in [6, 6.07) is 4.15. The maximum atomic E-state index is 9.94. The second-order valence-corrected chi connectivity index (χ2v) is 6.25. The fourth-order valence-corrected chi connectivity index (χ4v) is 1.81. The molecule has 3 nitrogen and oxygen atoms in total. The van der Waals surface area contributed by atoms with Gasteiger partial charge in [-0.3, -0.25) is 0 Å². The summed E-state index contributed by atoms with van der Waals surface area (Å²) in [5.41, 5.74) is 3.48. The Kier molecular flexibility index (Phi) is 5.39. The van der Waals surface area contributed by atoms with Gasteiger partial charge in [0, 0.05) is 12.1 Å². The summed E-state index contributed by atoms with van der Waals surface area (Å²) in [4.78, 5) is 0. The zero-order valence-corrected chi connectivity index (χ0v) is 13.0. The zero-order valence-electron chi connectivity index (χ0n) is 13.0. The number of benzene rings is 1. The van der Waals surface area contributed by atoms with Crippen LogP contribution < -0.4 is 10.1 Å². The Labute approximate surface area is 117 Å². The lowest BCUT2D eigenvalue weighted by Gasteiger charge is -2.23. The van der Waals surface area contributed by atoms with Crippen LogP contribution in [0.15, 0.2) is 12.1 Å². The summed E-state index contributed by atoms with van der Waals surface area (Å²) < 4.78 is 5.79. The molecule has 0 aliphatic rings. The van der Waals surface area contributed by atoms with Crippen LogP contribution in [-0.4, -0.2) is 29.9 Å². The Morgan fingerprint density at radius 1 is 1.16 bits per heavy atom. The van der Waals surface area contributed by atoms with Gasteiger partial charge in [-0.1, -0.05) is 12.1 Å². The SMILES string of the molecule is Cc1ccc(C)c(OC[C@@H](O)CNC(C)(C)C)c1C. The summed E-state index contributed by atoms with van der Waals surface area (Å²) in [6.07, 6.45) is -0.501. The second kappa shape index (κ2) is 6.40. The van der Waals surface area contributed by atoms with E-state index in [9.17, 15) is 5.11 Å². The van der Waals surface area contributed by atoms with Crippen LogP contribution in [0.5, 0.6) is 5.75 Å². The van der Waals surface area contributed by atoms with E-state index in [1.54, 1.807) is 0 Å². The molecule has 0 fully saturated rings. The van der Waals surface area contributed by atoms with Crippen molar-refractivity contribution in [3.8, 4) is 5.75 Å². The third-order valence-corrected chi connectivity index (χ3v) is 3.16. The molecule has 0 aliphatic carbocycles. The third kappa shape index (κ3) is 5.21. The minimum absolute atomic E-state index is 0.0101. The van der Waals surface area contributed by atoms with Gasteiger partial charge in [-0.15, -0.1) is 0 Å². The molecule has 0 amide bonds. The number of β-amino-alcohol motifs (C(OH)–C–C–N with tert-alkyl or cyclic N) is 1. The molecule has 0 bridgehead atoms. The Bertz CT molecular complexity index is 421. The predicted molar refractivity (Wildman–Crippen MR) is 79.9 cm³/mol. The van der Waals surface area contributed by atoms with Crippen LogP contribution >= 0.6 is 0 Å². The molecule has 0 spiro atoms. The first-order chi connectivity index (χ1) is 8.70. The highest BCUT2D eigenvalue weighted by molar-refractivity contribution is 5.44. The Balaban J connectivity index is 2.55. The molecular weight excluding hydrogens is 238 g/mol. The van der Waals surface area contributed by atoms with Crippen molar-refractivity contribution in [2.24, 2.45) is 0 Å². The molecule has 1 atom stereocenters. The van der Waals surface area contributed by atoms with E-state index in [2.05, 4.69) is 52.1 Å². The van der Waals surface area contributed by atoms with Crippen molar-refractivity contribution in [1.82, 2.24) is 5.32 Å². The highest BCUT2D eigenvalue weighted by Gasteiger charge is 2.14. The van der Waals surface area contributed by atoms with E-state index in [1.807, 2.05) is 6.92 Å². The summed E-state index contributed by atoms with van der Waals surface area (Å²) in [6.45, 7) is 13.2. The zero-order chi connectivity index (χ0) is 14.6. The lowest BCUT2D eigenvalue weighted by atomic mass is 10.1. The molecule has 3 heteroatoms. The van der Waals surface area contributed by atoms with Crippen LogP contribution in [0.3, 0.4) is 0 Å². The second-order valence-electron chi connectivity index (χ2n) is 6.25. The lowest BCUT2D eigenvalue weighted by Crippen LogP contribution is -2.42. The molecule has 0 aliphatic heterocycles. The van der Waals surface area contributed by atoms with Crippen LogP contribution in [0.2, 0.25) is 0 Å². The van der Waals surface area contributed by atoms with E-state index >= 15 is 0 Å². The third-order valence-electron chi connectivity index (χ3n) is 3.16.